The van der Waals surface area contributed by atoms with Gasteiger partial charge in [-0.3, -0.25) is 4.79 Å². The number of methoxy groups -OCH3 is 1. The third-order valence-corrected chi connectivity index (χ3v) is 4.16. The van der Waals surface area contributed by atoms with Crippen LogP contribution >= 0.6 is 0 Å². The molecule has 0 saturated carbocycles. The van der Waals surface area contributed by atoms with Crippen molar-refractivity contribution in [3.8, 4) is 11.5 Å². The Bertz CT molecular complexity index is 949. The van der Waals surface area contributed by atoms with E-state index in [9.17, 15) is 4.79 Å². The molecule has 0 heterocycles. The lowest BCUT2D eigenvalue weighted by molar-refractivity contribution is -0.123. The largest absolute Gasteiger partial charge is 0.497 e. The minimum atomic E-state index is -0.303. The summed E-state index contributed by atoms with van der Waals surface area (Å²) in [5.74, 6) is 1.13. The Balaban J connectivity index is 1.59. The molecule has 0 aliphatic heterocycles. The molecule has 138 valence electrons. The number of carbonyl (C=O) groups is 1. The van der Waals surface area contributed by atoms with Gasteiger partial charge in [-0.25, -0.2) is 5.43 Å². The molecule has 0 bridgehead atoms. The van der Waals surface area contributed by atoms with Crippen molar-refractivity contribution >= 4 is 22.4 Å². The van der Waals surface area contributed by atoms with Gasteiger partial charge in [0.2, 0.25) is 0 Å². The summed E-state index contributed by atoms with van der Waals surface area (Å²) in [5, 5.41) is 6.43. The van der Waals surface area contributed by atoms with Gasteiger partial charge in [-0.15, -0.1) is 0 Å². The van der Waals surface area contributed by atoms with Crippen LogP contribution in [-0.4, -0.2) is 25.3 Å². The Morgan fingerprint density at radius 2 is 1.67 bits per heavy atom. The fourth-order valence-electron chi connectivity index (χ4n) is 2.70. The van der Waals surface area contributed by atoms with Crippen LogP contribution in [0.15, 0.2) is 71.8 Å². The summed E-state index contributed by atoms with van der Waals surface area (Å²) in [6, 6.07) is 21.3. The van der Waals surface area contributed by atoms with Gasteiger partial charge in [0.25, 0.3) is 5.91 Å². The van der Waals surface area contributed by atoms with Gasteiger partial charge in [-0.2, -0.15) is 5.10 Å². The molecule has 0 spiro atoms. The lowest BCUT2D eigenvalue weighted by Gasteiger charge is -2.08. The highest BCUT2D eigenvalue weighted by atomic mass is 16.5. The lowest BCUT2D eigenvalue weighted by Crippen LogP contribution is -2.26. The van der Waals surface area contributed by atoms with E-state index in [1.807, 2.05) is 73.7 Å². The standard InChI is InChI=1S/C22H22N2O3/c1-3-21(17-9-11-19(26-2)12-10-17)23-24-22(25)15-27-20-13-8-16-6-4-5-7-18(16)14-20/h4-14H,3,15H2,1-2H3,(H,24,25). The molecular formula is C22H22N2O3. The lowest BCUT2D eigenvalue weighted by atomic mass is 10.1. The van der Waals surface area contributed by atoms with Crippen molar-refractivity contribution in [3.63, 3.8) is 0 Å². The average molecular weight is 362 g/mol. The molecule has 27 heavy (non-hydrogen) atoms. The first-order valence-electron chi connectivity index (χ1n) is 8.81. The van der Waals surface area contributed by atoms with Crippen molar-refractivity contribution in [2.75, 3.05) is 13.7 Å². The highest BCUT2D eigenvalue weighted by molar-refractivity contribution is 6.01. The van der Waals surface area contributed by atoms with Crippen molar-refractivity contribution in [2.45, 2.75) is 13.3 Å². The number of ether oxygens (including phenoxy) is 2. The molecule has 0 saturated heterocycles. The molecule has 0 fully saturated rings. The van der Waals surface area contributed by atoms with Crippen LogP contribution in [0.4, 0.5) is 0 Å². The highest BCUT2D eigenvalue weighted by Gasteiger charge is 2.06. The molecule has 1 N–H and O–H groups in total. The summed E-state index contributed by atoms with van der Waals surface area (Å²) in [5.41, 5.74) is 4.29. The number of benzene rings is 3. The Labute approximate surface area is 158 Å². The van der Waals surface area contributed by atoms with Gasteiger partial charge in [0.1, 0.15) is 11.5 Å². The van der Waals surface area contributed by atoms with Crippen molar-refractivity contribution in [1.29, 1.82) is 0 Å². The number of hydrogen-bond acceptors (Lipinski definition) is 4. The van der Waals surface area contributed by atoms with Gasteiger partial charge in [-0.05, 0) is 59.2 Å². The van der Waals surface area contributed by atoms with E-state index >= 15 is 0 Å². The zero-order valence-corrected chi connectivity index (χ0v) is 15.4. The molecular weight excluding hydrogens is 340 g/mol. The molecule has 3 rings (SSSR count). The van der Waals surface area contributed by atoms with Gasteiger partial charge < -0.3 is 9.47 Å². The highest BCUT2D eigenvalue weighted by Crippen LogP contribution is 2.20. The van der Waals surface area contributed by atoms with Gasteiger partial charge in [0.05, 0.1) is 12.8 Å². The van der Waals surface area contributed by atoms with E-state index in [4.69, 9.17) is 9.47 Å². The maximum absolute atomic E-state index is 12.1. The minimum absolute atomic E-state index is 0.0958. The Morgan fingerprint density at radius 1 is 0.963 bits per heavy atom. The second-order valence-corrected chi connectivity index (χ2v) is 5.97. The Kier molecular flexibility index (Phi) is 6.05. The van der Waals surface area contributed by atoms with Crippen LogP contribution in [0.3, 0.4) is 0 Å². The maximum atomic E-state index is 12.1. The third-order valence-electron chi connectivity index (χ3n) is 4.16. The van der Waals surface area contributed by atoms with Gasteiger partial charge in [0, 0.05) is 0 Å². The summed E-state index contributed by atoms with van der Waals surface area (Å²) in [6.45, 7) is 1.89. The number of nitrogens with one attached hydrogen (secondary N) is 1. The van der Waals surface area contributed by atoms with Crippen LogP contribution in [0, 0.1) is 0 Å². The van der Waals surface area contributed by atoms with Crippen molar-refractivity contribution in [1.82, 2.24) is 5.43 Å². The summed E-state index contributed by atoms with van der Waals surface area (Å²) < 4.78 is 10.7. The van der Waals surface area contributed by atoms with Crippen molar-refractivity contribution in [2.24, 2.45) is 5.10 Å². The molecule has 0 aliphatic carbocycles. The van der Waals surface area contributed by atoms with Crippen LogP contribution in [0.25, 0.3) is 10.8 Å². The number of rotatable bonds is 7. The molecule has 3 aromatic carbocycles. The fraction of sp³-hybridized carbons (Fsp3) is 0.182. The predicted octanol–water partition coefficient (Wildman–Crippen LogP) is 4.16. The first kappa shape index (κ1) is 18.5. The monoisotopic (exact) mass is 362 g/mol. The molecule has 0 unspecified atom stereocenters. The topological polar surface area (TPSA) is 59.9 Å². The molecule has 0 aliphatic rings. The number of carbonyl (C=O) groups excluding carboxylic acids is 1. The quantitative estimate of drug-likeness (QED) is 0.507. The number of nitrogens with zero attached hydrogens (tertiary/aromatic N) is 1. The fourth-order valence-corrected chi connectivity index (χ4v) is 2.70. The number of hydrazone groups is 1. The zero-order chi connectivity index (χ0) is 19.1. The molecule has 0 atom stereocenters. The third kappa shape index (κ3) is 4.85. The van der Waals surface area contributed by atoms with Crippen LogP contribution < -0.4 is 14.9 Å². The maximum Gasteiger partial charge on any atom is 0.277 e. The second-order valence-electron chi connectivity index (χ2n) is 5.97. The van der Waals surface area contributed by atoms with E-state index < -0.39 is 0 Å². The van der Waals surface area contributed by atoms with E-state index in [1.54, 1.807) is 7.11 Å². The number of amides is 1. The SMILES string of the molecule is CCC(=NNC(=O)COc1ccc2ccccc2c1)c1ccc(OC)cc1. The van der Waals surface area contributed by atoms with Crippen molar-refractivity contribution in [3.05, 3.63) is 72.3 Å². The predicted molar refractivity (Wildman–Crippen MR) is 107 cm³/mol. The molecule has 1 amide bonds. The smallest absolute Gasteiger partial charge is 0.277 e. The normalized spacial score (nSPS) is 11.3. The van der Waals surface area contributed by atoms with E-state index in [0.29, 0.717) is 12.2 Å². The van der Waals surface area contributed by atoms with Crippen molar-refractivity contribution < 1.29 is 14.3 Å². The minimum Gasteiger partial charge on any atom is -0.497 e. The number of fused-ring (bicyclic) bond motifs is 1. The van der Waals surface area contributed by atoms with Crippen LogP contribution in [0.1, 0.15) is 18.9 Å². The summed E-state index contributed by atoms with van der Waals surface area (Å²) in [4.78, 5) is 12.1. The Morgan fingerprint density at radius 3 is 2.37 bits per heavy atom. The summed E-state index contributed by atoms with van der Waals surface area (Å²) >= 11 is 0. The van der Waals surface area contributed by atoms with Crippen LogP contribution in [0.2, 0.25) is 0 Å². The first-order valence-corrected chi connectivity index (χ1v) is 8.81. The summed E-state index contributed by atoms with van der Waals surface area (Å²) in [7, 11) is 1.62. The van der Waals surface area contributed by atoms with E-state index in [-0.39, 0.29) is 12.5 Å². The molecule has 5 heteroatoms. The molecule has 5 nitrogen and oxygen atoms in total. The average Bonchev–Trinajstić information content (AvgIpc) is 2.73. The van der Waals surface area contributed by atoms with E-state index in [1.165, 1.54) is 0 Å². The molecule has 3 aromatic rings. The van der Waals surface area contributed by atoms with E-state index in [0.717, 1.165) is 27.8 Å². The summed E-state index contributed by atoms with van der Waals surface area (Å²) in [6.07, 6.45) is 0.693. The van der Waals surface area contributed by atoms with Gasteiger partial charge in [0.15, 0.2) is 6.61 Å². The van der Waals surface area contributed by atoms with Gasteiger partial charge >= 0.3 is 0 Å². The van der Waals surface area contributed by atoms with Crippen LogP contribution in [-0.2, 0) is 4.79 Å². The zero-order valence-electron chi connectivity index (χ0n) is 15.4. The molecule has 0 radical (unpaired) electrons. The first-order chi connectivity index (χ1) is 13.2. The van der Waals surface area contributed by atoms with Crippen LogP contribution in [0.5, 0.6) is 11.5 Å². The molecule has 0 aromatic heterocycles. The van der Waals surface area contributed by atoms with Gasteiger partial charge in [-0.1, -0.05) is 37.3 Å². The second kappa shape index (κ2) is 8.85. The van der Waals surface area contributed by atoms with E-state index in [2.05, 4.69) is 10.5 Å². The number of hydrogen-bond donors (Lipinski definition) is 1. The Hall–Kier alpha value is -3.34.